The third-order valence-electron chi connectivity index (χ3n) is 2.73. The van der Waals surface area contributed by atoms with Crippen molar-refractivity contribution >= 4 is 39.2 Å². The predicted octanol–water partition coefficient (Wildman–Crippen LogP) is 5.00. The largest absolute Gasteiger partial charge is 0.340 e. The van der Waals surface area contributed by atoms with Crippen LogP contribution in [-0.2, 0) is 5.41 Å². The fourth-order valence-corrected chi connectivity index (χ4v) is 2.43. The Morgan fingerprint density at radius 2 is 1.75 bits per heavy atom. The number of nitrogens with zero attached hydrogens (tertiary/aromatic N) is 2. The van der Waals surface area contributed by atoms with Gasteiger partial charge in [-0.1, -0.05) is 20.8 Å². The van der Waals surface area contributed by atoms with Gasteiger partial charge in [0.15, 0.2) is 0 Å². The Bertz CT molecular complexity index is 591. The molecule has 0 saturated heterocycles. The molecule has 3 nitrogen and oxygen atoms in total. The van der Waals surface area contributed by atoms with Crippen LogP contribution in [0.1, 0.15) is 26.6 Å². The first-order valence-corrected chi connectivity index (χ1v) is 8.36. The fraction of sp³-hybridized carbons (Fsp3) is 0.333. The van der Waals surface area contributed by atoms with E-state index >= 15 is 0 Å². The molecule has 0 aliphatic carbocycles. The van der Waals surface area contributed by atoms with E-state index in [2.05, 4.69) is 82.5 Å². The van der Waals surface area contributed by atoms with Gasteiger partial charge in [0.05, 0.1) is 0 Å². The Morgan fingerprint density at radius 1 is 1.10 bits per heavy atom. The van der Waals surface area contributed by atoms with E-state index in [1.165, 1.54) is 4.90 Å². The van der Waals surface area contributed by atoms with Crippen LogP contribution in [0.2, 0.25) is 0 Å². The Balaban J connectivity index is 2.26. The van der Waals surface area contributed by atoms with Gasteiger partial charge in [-0.15, -0.1) is 11.8 Å². The molecule has 0 radical (unpaired) electrons. The summed E-state index contributed by atoms with van der Waals surface area (Å²) in [5, 5.41) is 3.32. The number of nitrogens with one attached hydrogen (secondary N) is 1. The molecule has 0 aliphatic heterocycles. The number of hydrogen-bond acceptors (Lipinski definition) is 4. The van der Waals surface area contributed by atoms with Crippen molar-refractivity contribution in [3.05, 3.63) is 40.8 Å². The highest BCUT2D eigenvalue weighted by Gasteiger charge is 2.18. The van der Waals surface area contributed by atoms with Gasteiger partial charge in [0, 0.05) is 22.1 Å². The SMILES string of the molecule is CSc1ccc(Nc2cc(Br)nc(C(C)(C)C)n2)cc1. The van der Waals surface area contributed by atoms with Gasteiger partial charge in [-0.3, -0.25) is 0 Å². The quantitative estimate of drug-likeness (QED) is 0.623. The lowest BCUT2D eigenvalue weighted by Crippen LogP contribution is -2.16. The maximum atomic E-state index is 4.59. The van der Waals surface area contributed by atoms with E-state index in [1.54, 1.807) is 11.8 Å². The molecule has 0 fully saturated rings. The lowest BCUT2D eigenvalue weighted by Gasteiger charge is -2.18. The van der Waals surface area contributed by atoms with E-state index in [1.807, 2.05) is 6.07 Å². The van der Waals surface area contributed by atoms with Crippen LogP contribution < -0.4 is 5.32 Å². The molecule has 1 aromatic heterocycles. The Morgan fingerprint density at radius 3 is 2.30 bits per heavy atom. The van der Waals surface area contributed by atoms with Gasteiger partial charge in [-0.2, -0.15) is 0 Å². The van der Waals surface area contributed by atoms with Gasteiger partial charge >= 0.3 is 0 Å². The first-order valence-electron chi connectivity index (χ1n) is 6.34. The molecule has 0 aliphatic rings. The molecule has 106 valence electrons. The smallest absolute Gasteiger partial charge is 0.137 e. The summed E-state index contributed by atoms with van der Waals surface area (Å²) >= 11 is 5.18. The van der Waals surface area contributed by atoms with Gasteiger partial charge in [-0.05, 0) is 46.5 Å². The molecule has 2 rings (SSSR count). The van der Waals surface area contributed by atoms with E-state index < -0.39 is 0 Å². The topological polar surface area (TPSA) is 37.8 Å². The third kappa shape index (κ3) is 3.96. The molecular formula is C15H18BrN3S. The van der Waals surface area contributed by atoms with E-state index in [4.69, 9.17) is 0 Å². The summed E-state index contributed by atoms with van der Waals surface area (Å²) in [7, 11) is 0. The van der Waals surface area contributed by atoms with Crippen LogP contribution in [0.15, 0.2) is 39.8 Å². The van der Waals surface area contributed by atoms with E-state index in [9.17, 15) is 0 Å². The Kier molecular flexibility index (Phi) is 4.70. The van der Waals surface area contributed by atoms with Gasteiger partial charge in [0.25, 0.3) is 0 Å². The number of halogens is 1. The molecule has 1 N–H and O–H groups in total. The summed E-state index contributed by atoms with van der Waals surface area (Å²) in [5.41, 5.74) is 0.941. The summed E-state index contributed by atoms with van der Waals surface area (Å²) in [6.45, 7) is 6.31. The van der Waals surface area contributed by atoms with Crippen molar-refractivity contribution in [2.24, 2.45) is 0 Å². The first kappa shape index (κ1) is 15.3. The molecule has 20 heavy (non-hydrogen) atoms. The summed E-state index contributed by atoms with van der Waals surface area (Å²) < 4.78 is 0.792. The minimum Gasteiger partial charge on any atom is -0.340 e. The molecule has 0 saturated carbocycles. The van der Waals surface area contributed by atoms with Crippen LogP contribution in [0.3, 0.4) is 0 Å². The predicted molar refractivity (Wildman–Crippen MR) is 89.9 cm³/mol. The lowest BCUT2D eigenvalue weighted by atomic mass is 9.96. The van der Waals surface area contributed by atoms with Crippen molar-refractivity contribution in [2.75, 3.05) is 11.6 Å². The van der Waals surface area contributed by atoms with Crippen LogP contribution in [0, 0.1) is 0 Å². The van der Waals surface area contributed by atoms with Gasteiger partial charge in [0.1, 0.15) is 16.2 Å². The number of thioether (sulfide) groups is 1. The highest BCUT2D eigenvalue weighted by molar-refractivity contribution is 9.10. The van der Waals surface area contributed by atoms with Gasteiger partial charge in [0.2, 0.25) is 0 Å². The molecule has 0 bridgehead atoms. The minimum atomic E-state index is -0.0804. The van der Waals surface area contributed by atoms with Crippen LogP contribution in [0.25, 0.3) is 0 Å². The first-order chi connectivity index (χ1) is 9.38. The monoisotopic (exact) mass is 351 g/mol. The summed E-state index contributed by atoms with van der Waals surface area (Å²) in [6.07, 6.45) is 2.07. The van der Waals surface area contributed by atoms with E-state index in [0.717, 1.165) is 21.9 Å². The molecule has 1 heterocycles. The second-order valence-electron chi connectivity index (χ2n) is 5.50. The lowest BCUT2D eigenvalue weighted by molar-refractivity contribution is 0.544. The standard InChI is InChI=1S/C15H18BrN3S/c1-15(2,3)14-18-12(16)9-13(19-14)17-10-5-7-11(20-4)8-6-10/h5-9H,1-4H3,(H,17,18,19). The number of benzene rings is 1. The minimum absolute atomic E-state index is 0.0804. The normalized spacial score (nSPS) is 11.4. The number of anilines is 2. The van der Waals surface area contributed by atoms with Crippen LogP contribution in [0.4, 0.5) is 11.5 Å². The number of aromatic nitrogens is 2. The second kappa shape index (κ2) is 6.14. The summed E-state index contributed by atoms with van der Waals surface area (Å²) in [6, 6.07) is 10.2. The van der Waals surface area contributed by atoms with Crippen molar-refractivity contribution < 1.29 is 0 Å². The molecule has 2 aromatic rings. The number of rotatable bonds is 3. The molecular weight excluding hydrogens is 334 g/mol. The van der Waals surface area contributed by atoms with Crippen molar-refractivity contribution in [3.63, 3.8) is 0 Å². The summed E-state index contributed by atoms with van der Waals surface area (Å²) in [5.74, 6) is 1.61. The maximum absolute atomic E-state index is 4.59. The number of hydrogen-bond donors (Lipinski definition) is 1. The average Bonchev–Trinajstić information content (AvgIpc) is 2.38. The third-order valence-corrected chi connectivity index (χ3v) is 3.88. The zero-order valence-electron chi connectivity index (χ0n) is 12.1. The highest BCUT2D eigenvalue weighted by Crippen LogP contribution is 2.25. The van der Waals surface area contributed by atoms with Gasteiger partial charge in [-0.25, -0.2) is 9.97 Å². The molecule has 0 unspecified atom stereocenters. The highest BCUT2D eigenvalue weighted by atomic mass is 79.9. The average molecular weight is 352 g/mol. The van der Waals surface area contributed by atoms with E-state index in [0.29, 0.717) is 0 Å². The van der Waals surface area contributed by atoms with Crippen LogP contribution in [-0.4, -0.2) is 16.2 Å². The molecule has 0 atom stereocenters. The molecule has 0 amide bonds. The van der Waals surface area contributed by atoms with Gasteiger partial charge < -0.3 is 5.32 Å². The Labute approximate surface area is 132 Å². The Hall–Kier alpha value is -1.07. The van der Waals surface area contributed by atoms with Crippen molar-refractivity contribution in [2.45, 2.75) is 31.1 Å². The summed E-state index contributed by atoms with van der Waals surface area (Å²) in [4.78, 5) is 10.3. The molecule has 1 aromatic carbocycles. The maximum Gasteiger partial charge on any atom is 0.137 e. The van der Waals surface area contributed by atoms with Crippen LogP contribution >= 0.6 is 27.7 Å². The zero-order chi connectivity index (χ0) is 14.8. The van der Waals surface area contributed by atoms with Crippen molar-refractivity contribution in [1.82, 2.24) is 9.97 Å². The zero-order valence-corrected chi connectivity index (χ0v) is 14.5. The van der Waals surface area contributed by atoms with E-state index in [-0.39, 0.29) is 5.41 Å². The van der Waals surface area contributed by atoms with Crippen molar-refractivity contribution in [1.29, 1.82) is 0 Å². The second-order valence-corrected chi connectivity index (χ2v) is 7.20. The van der Waals surface area contributed by atoms with Crippen LogP contribution in [0.5, 0.6) is 0 Å². The molecule has 0 spiro atoms. The van der Waals surface area contributed by atoms with Crippen molar-refractivity contribution in [3.8, 4) is 0 Å². The molecule has 5 heteroatoms. The fourth-order valence-electron chi connectivity index (χ4n) is 1.64.